The molecule has 0 fully saturated rings. The Morgan fingerprint density at radius 1 is 0.731 bits per heavy atom. The molecule has 0 radical (unpaired) electrons. The molecular formula is C33H41F6N2NaO10. The molecule has 0 atom stereocenters. The van der Waals surface area contributed by atoms with Crippen LogP contribution in [0.1, 0.15) is 81.8 Å². The first kappa shape index (κ1) is 48.4. The van der Waals surface area contributed by atoms with Gasteiger partial charge in [-0.2, -0.15) is 26.3 Å². The van der Waals surface area contributed by atoms with Gasteiger partial charge in [0.1, 0.15) is 11.5 Å². The number of esters is 1. The van der Waals surface area contributed by atoms with Crippen molar-refractivity contribution in [1.29, 1.82) is 0 Å². The number of halogens is 6. The van der Waals surface area contributed by atoms with Gasteiger partial charge in [0.05, 0.1) is 30.6 Å². The number of carbonyl (C=O) groups excluding carboxylic acids is 1. The summed E-state index contributed by atoms with van der Waals surface area (Å²) < 4.78 is 103. The van der Waals surface area contributed by atoms with Crippen LogP contribution in [-0.4, -0.2) is 64.9 Å². The number of hydrogen-bond donors (Lipinski definition) is 2. The van der Waals surface area contributed by atoms with E-state index in [0.717, 1.165) is 7.11 Å². The molecule has 0 aliphatic carbocycles. The molecule has 0 saturated carbocycles. The summed E-state index contributed by atoms with van der Waals surface area (Å²) in [5.41, 5.74) is -0.856. The molecule has 52 heavy (non-hydrogen) atoms. The SMILES string of the molecule is CCCc1c(OCCCC(=O)O)ccc2c(C(F)(F)F)noc12.CCCc1c(OCCCC(=O)OCC)ccc2c(C(F)(F)F)noc12.CO.[Na+].[OH-]. The Morgan fingerprint density at radius 2 is 1.13 bits per heavy atom. The third-order valence-electron chi connectivity index (χ3n) is 6.82. The first-order valence-corrected chi connectivity index (χ1v) is 15.8. The quantitative estimate of drug-likeness (QED) is 0.0717. The summed E-state index contributed by atoms with van der Waals surface area (Å²) in [6.45, 7) is 6.26. The summed E-state index contributed by atoms with van der Waals surface area (Å²) in [6, 6.07) is 5.50. The summed E-state index contributed by atoms with van der Waals surface area (Å²) in [7, 11) is 1.00. The van der Waals surface area contributed by atoms with E-state index >= 15 is 0 Å². The summed E-state index contributed by atoms with van der Waals surface area (Å²) in [5.74, 6) is -0.388. The Kier molecular flexibility index (Phi) is 21.6. The van der Waals surface area contributed by atoms with Gasteiger partial charge in [-0.15, -0.1) is 0 Å². The van der Waals surface area contributed by atoms with E-state index in [9.17, 15) is 35.9 Å². The van der Waals surface area contributed by atoms with Crippen LogP contribution >= 0.6 is 0 Å². The standard InChI is InChI=1S/C17H20F3NO4.C15H16F3NO4.CH4O.Na.H2O/c1-3-6-11-13(24-10-5-7-14(22)23-4-2)9-8-12-15(11)25-21-16(12)17(18,19)20;1-2-4-9-11(22-8-3-5-12(20)21)7-6-10-13(9)23-19-14(10)15(16,17)18;1-2;;/h8-9H,3-7,10H2,1-2H3;6-7H,2-5,8H2,1H3,(H,20,21);2H,1H3;;1H2/q;;;+1;/p-1. The number of alkyl halides is 6. The zero-order chi connectivity index (χ0) is 37.5. The van der Waals surface area contributed by atoms with Crippen molar-refractivity contribution in [2.75, 3.05) is 26.9 Å². The first-order valence-electron chi connectivity index (χ1n) is 15.8. The molecular weight excluding hydrogens is 721 g/mol. The maximum atomic E-state index is 13.0. The van der Waals surface area contributed by atoms with E-state index in [1.165, 1.54) is 24.3 Å². The van der Waals surface area contributed by atoms with Gasteiger partial charge in [-0.05, 0) is 56.9 Å². The fourth-order valence-corrected chi connectivity index (χ4v) is 4.77. The van der Waals surface area contributed by atoms with E-state index in [-0.39, 0.29) is 89.0 Å². The van der Waals surface area contributed by atoms with Crippen molar-refractivity contribution in [2.24, 2.45) is 0 Å². The Labute approximate surface area is 317 Å². The van der Waals surface area contributed by atoms with Crippen molar-refractivity contribution in [2.45, 2.75) is 84.5 Å². The van der Waals surface area contributed by atoms with E-state index in [0.29, 0.717) is 67.8 Å². The second kappa shape index (κ2) is 23.2. The fraction of sp³-hybridized carbons (Fsp3) is 0.515. The number of aryl methyl sites for hydroxylation is 2. The van der Waals surface area contributed by atoms with E-state index in [4.69, 9.17) is 33.5 Å². The monoisotopic (exact) mass is 762 g/mol. The first-order chi connectivity index (χ1) is 23.7. The molecule has 286 valence electrons. The number of benzene rings is 2. The summed E-state index contributed by atoms with van der Waals surface area (Å²) >= 11 is 0. The van der Waals surface area contributed by atoms with Crippen LogP contribution in [0, 0.1) is 0 Å². The van der Waals surface area contributed by atoms with E-state index in [1.807, 2.05) is 13.8 Å². The second-order valence-electron chi connectivity index (χ2n) is 10.5. The third kappa shape index (κ3) is 13.8. The molecule has 0 aliphatic heterocycles. The number of carboxylic acids is 1. The van der Waals surface area contributed by atoms with Crippen molar-refractivity contribution in [3.05, 3.63) is 46.8 Å². The number of aliphatic carboxylic acids is 1. The number of carboxylic acid groups (broad SMARTS) is 1. The molecule has 3 N–H and O–H groups in total. The minimum absolute atomic E-state index is 0. The fourth-order valence-electron chi connectivity index (χ4n) is 4.77. The number of carbonyl (C=O) groups is 2. The van der Waals surface area contributed by atoms with E-state index in [2.05, 4.69) is 10.3 Å². The Balaban J connectivity index is 0.000000923. The number of aromatic nitrogens is 2. The Bertz CT molecular complexity index is 1670. The molecule has 0 saturated heterocycles. The van der Waals surface area contributed by atoms with E-state index < -0.39 is 29.7 Å². The van der Waals surface area contributed by atoms with Crippen LogP contribution in [0.15, 0.2) is 33.3 Å². The minimum atomic E-state index is -4.58. The molecule has 0 amide bonds. The Morgan fingerprint density at radius 3 is 1.48 bits per heavy atom. The number of rotatable bonds is 15. The molecule has 0 unspecified atom stereocenters. The number of nitrogens with zero attached hydrogens (tertiary/aromatic N) is 2. The normalized spacial score (nSPS) is 11.0. The summed E-state index contributed by atoms with van der Waals surface area (Å²) in [4.78, 5) is 21.8. The molecule has 0 aliphatic rings. The predicted octanol–water partition coefficient (Wildman–Crippen LogP) is 5.00. The van der Waals surface area contributed by atoms with Crippen molar-refractivity contribution >= 4 is 33.9 Å². The molecule has 2 aromatic carbocycles. The van der Waals surface area contributed by atoms with Crippen LogP contribution in [0.2, 0.25) is 0 Å². The summed E-state index contributed by atoms with van der Waals surface area (Å²) in [5, 5.41) is 21.7. The van der Waals surface area contributed by atoms with Gasteiger partial charge < -0.3 is 38.9 Å². The van der Waals surface area contributed by atoms with E-state index in [1.54, 1.807) is 6.92 Å². The molecule has 2 heterocycles. The van der Waals surface area contributed by atoms with Gasteiger partial charge in [-0.1, -0.05) is 37.0 Å². The number of ether oxygens (including phenoxy) is 3. The molecule has 4 aromatic rings. The van der Waals surface area contributed by atoms with Crippen molar-refractivity contribution in [3.8, 4) is 11.5 Å². The molecule has 0 bridgehead atoms. The van der Waals surface area contributed by atoms with Crippen molar-refractivity contribution < 1.29 is 104 Å². The number of aliphatic hydroxyl groups is 1. The van der Waals surface area contributed by atoms with Gasteiger partial charge in [0.2, 0.25) is 0 Å². The average Bonchev–Trinajstić information content (AvgIpc) is 3.70. The van der Waals surface area contributed by atoms with Crippen LogP contribution in [0.3, 0.4) is 0 Å². The van der Waals surface area contributed by atoms with Crippen LogP contribution in [0.4, 0.5) is 26.3 Å². The average molecular weight is 763 g/mol. The molecule has 19 heteroatoms. The molecule has 0 spiro atoms. The number of aliphatic hydroxyl groups excluding tert-OH is 1. The molecule has 4 rings (SSSR count). The maximum Gasteiger partial charge on any atom is 1.00 e. The topological polar surface area (TPSA) is 184 Å². The second-order valence-corrected chi connectivity index (χ2v) is 10.5. The van der Waals surface area contributed by atoms with Gasteiger partial charge in [0, 0.05) is 31.1 Å². The molecule has 2 aromatic heterocycles. The van der Waals surface area contributed by atoms with Gasteiger partial charge in [0.15, 0.2) is 22.6 Å². The van der Waals surface area contributed by atoms with Crippen LogP contribution in [0.5, 0.6) is 11.5 Å². The van der Waals surface area contributed by atoms with Crippen LogP contribution in [-0.2, 0) is 39.5 Å². The summed E-state index contributed by atoms with van der Waals surface area (Å²) in [6.07, 6.45) is -5.85. The largest absolute Gasteiger partial charge is 1.00 e. The number of hydrogen-bond acceptors (Lipinski definition) is 11. The smallest absolute Gasteiger partial charge is 0.870 e. The van der Waals surface area contributed by atoms with Gasteiger partial charge >= 0.3 is 53.8 Å². The maximum absolute atomic E-state index is 13.0. The van der Waals surface area contributed by atoms with Gasteiger partial charge in [-0.25, -0.2) is 0 Å². The van der Waals surface area contributed by atoms with Gasteiger partial charge in [-0.3, -0.25) is 9.59 Å². The van der Waals surface area contributed by atoms with Crippen molar-refractivity contribution in [1.82, 2.24) is 10.3 Å². The zero-order valence-electron chi connectivity index (χ0n) is 29.4. The van der Waals surface area contributed by atoms with Crippen LogP contribution < -0.4 is 39.0 Å². The molecule has 12 nitrogen and oxygen atoms in total. The van der Waals surface area contributed by atoms with Gasteiger partial charge in [0.25, 0.3) is 0 Å². The number of fused-ring (bicyclic) bond motifs is 2. The Hall–Kier alpha value is -3.58. The zero-order valence-corrected chi connectivity index (χ0v) is 31.4. The predicted molar refractivity (Wildman–Crippen MR) is 170 cm³/mol. The van der Waals surface area contributed by atoms with Crippen molar-refractivity contribution in [3.63, 3.8) is 0 Å². The minimum Gasteiger partial charge on any atom is -0.870 e. The van der Waals surface area contributed by atoms with Crippen LogP contribution in [0.25, 0.3) is 21.9 Å². The third-order valence-corrected chi connectivity index (χ3v) is 6.82.